The van der Waals surface area contributed by atoms with Gasteiger partial charge >= 0.3 is 6.09 Å². The molecular formula is C16H20Cl3N3O2Si. The van der Waals surface area contributed by atoms with E-state index in [0.29, 0.717) is 5.82 Å². The van der Waals surface area contributed by atoms with E-state index in [2.05, 4.69) is 30.1 Å². The Morgan fingerprint density at radius 3 is 2.36 bits per heavy atom. The summed E-state index contributed by atoms with van der Waals surface area (Å²) in [6, 6.07) is 9.71. The van der Waals surface area contributed by atoms with Crippen LogP contribution in [0.2, 0.25) is 19.6 Å². The maximum Gasteiger partial charge on any atom is 0.412 e. The lowest BCUT2D eigenvalue weighted by Crippen LogP contribution is -2.39. The van der Waals surface area contributed by atoms with Gasteiger partial charge in [-0.1, -0.05) is 72.1 Å². The summed E-state index contributed by atoms with van der Waals surface area (Å²) in [5.41, 5.74) is 1.98. The third-order valence-electron chi connectivity index (χ3n) is 3.35. The van der Waals surface area contributed by atoms with Crippen LogP contribution in [0.5, 0.6) is 0 Å². The highest BCUT2D eigenvalue weighted by Crippen LogP contribution is 2.26. The van der Waals surface area contributed by atoms with Crippen molar-refractivity contribution in [1.82, 2.24) is 9.78 Å². The highest BCUT2D eigenvalue weighted by Gasteiger charge is 2.25. The number of ether oxygens (including phenoxy) is 1. The molecule has 0 radical (unpaired) electrons. The summed E-state index contributed by atoms with van der Waals surface area (Å²) in [7, 11) is -1.67. The van der Waals surface area contributed by atoms with Gasteiger partial charge in [0.25, 0.3) is 0 Å². The number of aromatic nitrogens is 2. The first kappa shape index (κ1) is 20.1. The van der Waals surface area contributed by atoms with Crippen LogP contribution < -0.4 is 10.6 Å². The Kier molecular flexibility index (Phi) is 6.09. The molecule has 0 bridgehead atoms. The standard InChI is InChI=1S/C16H20Cl3N3O2Si/c1-11-5-7-12(8-6-11)22-13(9-14(21-22)25(2,3)4)20-15(23)24-10-16(17,18)19/h5-9H,10H2,1-4H3,(H,20,23). The summed E-state index contributed by atoms with van der Waals surface area (Å²) in [5.74, 6) is 0.510. The van der Waals surface area contributed by atoms with Gasteiger partial charge in [0, 0.05) is 5.32 Å². The van der Waals surface area contributed by atoms with Crippen LogP contribution in [0.3, 0.4) is 0 Å². The Bertz CT molecular complexity index is 749. The molecule has 1 amide bonds. The van der Waals surface area contributed by atoms with Gasteiger partial charge in [-0.2, -0.15) is 5.10 Å². The molecule has 25 heavy (non-hydrogen) atoms. The molecule has 136 valence electrons. The van der Waals surface area contributed by atoms with Crippen molar-refractivity contribution < 1.29 is 9.53 Å². The van der Waals surface area contributed by atoms with Crippen LogP contribution in [0.25, 0.3) is 5.69 Å². The van der Waals surface area contributed by atoms with Crippen molar-refractivity contribution in [3.8, 4) is 5.69 Å². The minimum absolute atomic E-state index is 0.344. The maximum absolute atomic E-state index is 12.0. The molecule has 0 atom stereocenters. The van der Waals surface area contributed by atoms with Gasteiger partial charge in [-0.3, -0.25) is 5.32 Å². The zero-order valence-corrected chi connectivity index (χ0v) is 17.7. The minimum atomic E-state index is -1.67. The van der Waals surface area contributed by atoms with E-state index in [1.165, 1.54) is 0 Å². The molecule has 1 N–H and O–H groups in total. The van der Waals surface area contributed by atoms with Crippen molar-refractivity contribution in [2.75, 3.05) is 11.9 Å². The molecule has 0 aliphatic heterocycles. The average molecular weight is 421 g/mol. The number of halogens is 3. The van der Waals surface area contributed by atoms with E-state index in [1.807, 2.05) is 37.3 Å². The summed E-state index contributed by atoms with van der Waals surface area (Å²) in [5, 5.41) is 8.31. The van der Waals surface area contributed by atoms with Gasteiger partial charge in [0.05, 0.1) is 5.69 Å². The van der Waals surface area contributed by atoms with E-state index in [0.717, 1.165) is 16.6 Å². The highest BCUT2D eigenvalue weighted by molar-refractivity contribution is 6.88. The number of amides is 1. The monoisotopic (exact) mass is 419 g/mol. The van der Waals surface area contributed by atoms with Crippen LogP contribution in [0.4, 0.5) is 10.6 Å². The molecule has 0 spiro atoms. The third-order valence-corrected chi connectivity index (χ3v) is 5.46. The van der Waals surface area contributed by atoms with Gasteiger partial charge in [0.1, 0.15) is 20.5 Å². The number of rotatable bonds is 4. The van der Waals surface area contributed by atoms with Gasteiger partial charge in [0.15, 0.2) is 0 Å². The van der Waals surface area contributed by atoms with Crippen LogP contribution >= 0.6 is 34.8 Å². The van der Waals surface area contributed by atoms with E-state index < -0.39 is 18.0 Å². The summed E-state index contributed by atoms with van der Waals surface area (Å²) >= 11 is 16.8. The molecule has 0 aliphatic rings. The lowest BCUT2D eigenvalue weighted by molar-refractivity contribution is 0.163. The van der Waals surface area contributed by atoms with Crippen molar-refractivity contribution in [3.05, 3.63) is 35.9 Å². The smallest absolute Gasteiger partial charge is 0.412 e. The Labute approximate surface area is 163 Å². The summed E-state index contributed by atoms with van der Waals surface area (Å²) in [6.45, 7) is 8.20. The molecule has 9 heteroatoms. The lowest BCUT2D eigenvalue weighted by Gasteiger charge is -2.13. The zero-order valence-electron chi connectivity index (χ0n) is 14.4. The van der Waals surface area contributed by atoms with Gasteiger partial charge in [0.2, 0.25) is 3.79 Å². The fraction of sp³-hybridized carbons (Fsp3) is 0.375. The predicted octanol–water partition coefficient (Wildman–Crippen LogP) is 4.64. The Morgan fingerprint density at radius 1 is 1.24 bits per heavy atom. The first-order chi connectivity index (χ1) is 11.5. The van der Waals surface area contributed by atoms with E-state index in [4.69, 9.17) is 39.5 Å². The molecule has 5 nitrogen and oxygen atoms in total. The van der Waals surface area contributed by atoms with Crippen LogP contribution in [0.15, 0.2) is 30.3 Å². The maximum atomic E-state index is 12.0. The van der Waals surface area contributed by atoms with Crippen molar-refractivity contribution in [2.24, 2.45) is 0 Å². The van der Waals surface area contributed by atoms with Crippen molar-refractivity contribution >= 4 is 60.1 Å². The van der Waals surface area contributed by atoms with Crippen LogP contribution in [0, 0.1) is 6.92 Å². The number of nitrogens with zero attached hydrogens (tertiary/aromatic N) is 2. The van der Waals surface area contributed by atoms with Crippen LogP contribution in [0.1, 0.15) is 5.56 Å². The Morgan fingerprint density at radius 2 is 1.84 bits per heavy atom. The third kappa shape index (κ3) is 5.92. The van der Waals surface area contributed by atoms with Gasteiger partial charge in [-0.05, 0) is 25.1 Å². The van der Waals surface area contributed by atoms with Gasteiger partial charge in [-0.25, -0.2) is 9.48 Å². The quantitative estimate of drug-likeness (QED) is 0.579. The first-order valence-electron chi connectivity index (χ1n) is 7.64. The molecular weight excluding hydrogens is 401 g/mol. The average Bonchev–Trinajstić information content (AvgIpc) is 2.89. The van der Waals surface area contributed by atoms with E-state index in [9.17, 15) is 4.79 Å². The molecule has 1 aromatic heterocycles. The summed E-state index contributed by atoms with van der Waals surface area (Å²) in [6.07, 6.45) is -0.707. The summed E-state index contributed by atoms with van der Waals surface area (Å²) in [4.78, 5) is 12.0. The zero-order chi connectivity index (χ0) is 18.8. The molecule has 1 heterocycles. The molecule has 0 unspecified atom stereocenters. The van der Waals surface area contributed by atoms with Crippen molar-refractivity contribution in [2.45, 2.75) is 30.4 Å². The minimum Gasteiger partial charge on any atom is -0.445 e. The molecule has 2 rings (SSSR count). The summed E-state index contributed by atoms with van der Waals surface area (Å²) < 4.78 is 4.97. The fourth-order valence-corrected chi connectivity index (χ4v) is 3.14. The number of alkyl halides is 3. The van der Waals surface area contributed by atoms with E-state index in [1.54, 1.807) is 4.68 Å². The number of aryl methyl sites for hydroxylation is 1. The van der Waals surface area contributed by atoms with Crippen LogP contribution in [-0.2, 0) is 4.74 Å². The Balaban J connectivity index is 2.30. The molecule has 0 fully saturated rings. The Hall–Kier alpha value is -1.21. The second-order valence-corrected chi connectivity index (χ2v) is 14.3. The number of anilines is 1. The predicted molar refractivity (Wildman–Crippen MR) is 107 cm³/mol. The molecule has 0 saturated carbocycles. The van der Waals surface area contributed by atoms with Gasteiger partial charge < -0.3 is 4.74 Å². The van der Waals surface area contributed by atoms with Crippen molar-refractivity contribution in [1.29, 1.82) is 0 Å². The SMILES string of the molecule is Cc1ccc(-n2nc([Si](C)(C)C)cc2NC(=O)OCC(Cl)(Cl)Cl)cc1. The van der Waals surface area contributed by atoms with Crippen molar-refractivity contribution in [3.63, 3.8) is 0 Å². The second-order valence-electron chi connectivity index (χ2n) is 6.73. The first-order valence-corrected chi connectivity index (χ1v) is 12.3. The van der Waals surface area contributed by atoms with Gasteiger partial charge in [-0.15, -0.1) is 0 Å². The van der Waals surface area contributed by atoms with E-state index in [-0.39, 0.29) is 6.61 Å². The molecule has 0 saturated heterocycles. The fourth-order valence-electron chi connectivity index (χ4n) is 2.01. The normalized spacial score (nSPS) is 12.1. The number of carbonyl (C=O) groups excluding carboxylic acids is 1. The topological polar surface area (TPSA) is 56.2 Å². The number of hydrogen-bond donors (Lipinski definition) is 1. The molecule has 1 aromatic carbocycles. The molecule has 2 aromatic rings. The second kappa shape index (κ2) is 7.58. The lowest BCUT2D eigenvalue weighted by atomic mass is 10.2. The number of benzene rings is 1. The number of carbonyl (C=O) groups is 1. The highest BCUT2D eigenvalue weighted by atomic mass is 35.6. The largest absolute Gasteiger partial charge is 0.445 e. The number of nitrogens with one attached hydrogen (secondary N) is 1. The van der Waals surface area contributed by atoms with Crippen LogP contribution in [-0.4, -0.2) is 34.3 Å². The number of hydrogen-bond acceptors (Lipinski definition) is 3. The molecule has 0 aliphatic carbocycles. The van der Waals surface area contributed by atoms with E-state index >= 15 is 0 Å².